The number of carbonyl (C=O) groups excluding carboxylic acids is 1. The summed E-state index contributed by atoms with van der Waals surface area (Å²) in [5.74, 6) is 1.02. The van der Waals surface area contributed by atoms with Crippen LogP contribution in [-0.2, 0) is 4.79 Å². The van der Waals surface area contributed by atoms with E-state index in [0.29, 0.717) is 6.42 Å². The minimum atomic E-state index is 0.263. The van der Waals surface area contributed by atoms with Crippen molar-refractivity contribution in [3.8, 4) is 0 Å². The molecule has 0 spiro atoms. The van der Waals surface area contributed by atoms with Crippen molar-refractivity contribution >= 4 is 17.5 Å². The Labute approximate surface area is 166 Å². The lowest BCUT2D eigenvalue weighted by molar-refractivity contribution is -0.131. The molecule has 2 fully saturated rings. The van der Waals surface area contributed by atoms with Gasteiger partial charge in [-0.05, 0) is 18.2 Å². The fraction of sp³-hybridized carbons (Fsp3) is 0.476. The molecule has 28 heavy (non-hydrogen) atoms. The molecule has 2 aromatic rings. The number of hydrogen-bond donors (Lipinski definition) is 0. The molecule has 0 N–H and O–H groups in total. The Morgan fingerprint density at radius 2 is 1.43 bits per heavy atom. The Hall–Kier alpha value is -2.67. The van der Waals surface area contributed by atoms with Crippen molar-refractivity contribution in [2.24, 2.45) is 0 Å². The molecule has 0 saturated carbocycles. The predicted octanol–water partition coefficient (Wildman–Crippen LogP) is 1.34. The second-order valence-corrected chi connectivity index (χ2v) is 7.33. The van der Waals surface area contributed by atoms with E-state index in [9.17, 15) is 4.79 Å². The Kier molecular flexibility index (Phi) is 6.01. The van der Waals surface area contributed by atoms with E-state index in [0.717, 1.165) is 64.9 Å². The second-order valence-electron chi connectivity index (χ2n) is 7.33. The summed E-state index contributed by atoms with van der Waals surface area (Å²) in [6.45, 7) is 8.02. The van der Waals surface area contributed by atoms with Gasteiger partial charge in [0.1, 0.15) is 0 Å². The van der Waals surface area contributed by atoms with Gasteiger partial charge in [0.25, 0.3) is 0 Å². The van der Waals surface area contributed by atoms with Crippen LogP contribution >= 0.6 is 0 Å². The first-order chi connectivity index (χ1) is 13.8. The van der Waals surface area contributed by atoms with Gasteiger partial charge in [-0.15, -0.1) is 0 Å². The van der Waals surface area contributed by atoms with Crippen molar-refractivity contribution in [1.29, 1.82) is 0 Å². The Morgan fingerprint density at radius 3 is 2.11 bits per heavy atom. The van der Waals surface area contributed by atoms with E-state index < -0.39 is 0 Å². The Bertz CT molecular complexity index is 740. The van der Waals surface area contributed by atoms with Gasteiger partial charge in [0.15, 0.2) is 0 Å². The molecule has 0 aliphatic carbocycles. The maximum Gasteiger partial charge on any atom is 0.225 e. The maximum absolute atomic E-state index is 12.6. The summed E-state index contributed by atoms with van der Waals surface area (Å²) < 4.78 is 0. The van der Waals surface area contributed by atoms with Crippen molar-refractivity contribution in [1.82, 2.24) is 19.8 Å². The van der Waals surface area contributed by atoms with Crippen LogP contribution in [0.5, 0.6) is 0 Å². The van der Waals surface area contributed by atoms with E-state index in [1.54, 1.807) is 12.4 Å². The molecule has 0 atom stereocenters. The van der Waals surface area contributed by atoms with Crippen LogP contribution < -0.4 is 9.80 Å². The predicted molar refractivity (Wildman–Crippen MR) is 111 cm³/mol. The minimum absolute atomic E-state index is 0.263. The quantitative estimate of drug-likeness (QED) is 0.780. The molecule has 3 heterocycles. The van der Waals surface area contributed by atoms with Crippen LogP contribution in [0.3, 0.4) is 0 Å². The lowest BCUT2D eigenvalue weighted by Gasteiger charge is -2.37. The monoisotopic (exact) mass is 380 g/mol. The van der Waals surface area contributed by atoms with E-state index in [4.69, 9.17) is 0 Å². The first-order valence-electron chi connectivity index (χ1n) is 10.1. The van der Waals surface area contributed by atoms with Gasteiger partial charge in [-0.25, -0.2) is 9.97 Å². The number of amides is 1. The lowest BCUT2D eigenvalue weighted by Crippen LogP contribution is -2.50. The minimum Gasteiger partial charge on any atom is -0.369 e. The van der Waals surface area contributed by atoms with E-state index in [1.807, 2.05) is 11.0 Å². The summed E-state index contributed by atoms with van der Waals surface area (Å²) >= 11 is 0. The molecule has 1 aromatic heterocycles. The van der Waals surface area contributed by atoms with Gasteiger partial charge in [-0.1, -0.05) is 18.2 Å². The lowest BCUT2D eigenvalue weighted by atomic mass is 10.2. The summed E-state index contributed by atoms with van der Waals surface area (Å²) in [6.07, 6.45) is 4.13. The summed E-state index contributed by atoms with van der Waals surface area (Å²) in [6, 6.07) is 12.4. The van der Waals surface area contributed by atoms with Crippen LogP contribution in [0.2, 0.25) is 0 Å². The zero-order chi connectivity index (χ0) is 19.2. The number of hydrogen-bond acceptors (Lipinski definition) is 6. The van der Waals surface area contributed by atoms with Gasteiger partial charge < -0.3 is 14.7 Å². The van der Waals surface area contributed by atoms with Crippen LogP contribution in [0.25, 0.3) is 0 Å². The van der Waals surface area contributed by atoms with Crippen molar-refractivity contribution in [3.63, 3.8) is 0 Å². The van der Waals surface area contributed by atoms with Gasteiger partial charge in [0.2, 0.25) is 11.9 Å². The number of nitrogens with zero attached hydrogens (tertiary/aromatic N) is 6. The van der Waals surface area contributed by atoms with E-state index in [1.165, 1.54) is 5.69 Å². The molecule has 1 aromatic carbocycles. The van der Waals surface area contributed by atoms with Crippen LogP contribution in [-0.4, -0.2) is 84.6 Å². The number of piperazine rings is 2. The van der Waals surface area contributed by atoms with E-state index in [-0.39, 0.29) is 5.91 Å². The van der Waals surface area contributed by atoms with Crippen LogP contribution in [0, 0.1) is 0 Å². The third kappa shape index (κ3) is 4.59. The standard InChI is InChI=1S/C21H28N6O/c28-20(26-15-17-27(18-16-26)21-22-8-4-9-23-21)7-10-24-11-13-25(14-12-24)19-5-2-1-3-6-19/h1-6,8-9H,7,10-18H2. The number of benzene rings is 1. The molecule has 7 nitrogen and oxygen atoms in total. The first-order valence-corrected chi connectivity index (χ1v) is 10.1. The number of aromatic nitrogens is 2. The highest BCUT2D eigenvalue weighted by Gasteiger charge is 2.23. The molecule has 1 amide bonds. The third-order valence-electron chi connectivity index (χ3n) is 5.60. The average Bonchev–Trinajstić information content (AvgIpc) is 2.79. The molecule has 0 radical (unpaired) electrons. The molecular weight excluding hydrogens is 352 g/mol. The SMILES string of the molecule is O=C(CCN1CCN(c2ccccc2)CC1)N1CCN(c2ncccn2)CC1. The Balaban J connectivity index is 1.18. The molecule has 2 aliphatic heterocycles. The summed E-state index contributed by atoms with van der Waals surface area (Å²) in [5, 5.41) is 0. The van der Waals surface area contributed by atoms with Crippen molar-refractivity contribution in [3.05, 3.63) is 48.8 Å². The number of anilines is 2. The van der Waals surface area contributed by atoms with Crippen molar-refractivity contribution in [2.75, 3.05) is 68.7 Å². The largest absolute Gasteiger partial charge is 0.369 e. The van der Waals surface area contributed by atoms with Gasteiger partial charge >= 0.3 is 0 Å². The van der Waals surface area contributed by atoms with Crippen molar-refractivity contribution in [2.45, 2.75) is 6.42 Å². The fourth-order valence-corrected chi connectivity index (χ4v) is 3.89. The van der Waals surface area contributed by atoms with Crippen LogP contribution in [0.1, 0.15) is 6.42 Å². The zero-order valence-electron chi connectivity index (χ0n) is 16.3. The highest BCUT2D eigenvalue weighted by Crippen LogP contribution is 2.16. The van der Waals surface area contributed by atoms with E-state index in [2.05, 4.69) is 55.0 Å². The molecular formula is C21H28N6O. The summed E-state index contributed by atoms with van der Waals surface area (Å²) in [7, 11) is 0. The first kappa shape index (κ1) is 18.7. The molecule has 4 rings (SSSR count). The van der Waals surface area contributed by atoms with Gasteiger partial charge in [-0.2, -0.15) is 0 Å². The zero-order valence-corrected chi connectivity index (χ0v) is 16.3. The van der Waals surface area contributed by atoms with Crippen molar-refractivity contribution < 1.29 is 4.79 Å². The number of carbonyl (C=O) groups is 1. The molecule has 7 heteroatoms. The maximum atomic E-state index is 12.6. The normalized spacial score (nSPS) is 18.4. The Morgan fingerprint density at radius 1 is 0.786 bits per heavy atom. The van der Waals surface area contributed by atoms with E-state index >= 15 is 0 Å². The third-order valence-corrected chi connectivity index (χ3v) is 5.60. The second kappa shape index (κ2) is 9.01. The van der Waals surface area contributed by atoms with Crippen LogP contribution in [0.15, 0.2) is 48.8 Å². The van der Waals surface area contributed by atoms with Crippen LogP contribution in [0.4, 0.5) is 11.6 Å². The molecule has 148 valence electrons. The highest BCUT2D eigenvalue weighted by molar-refractivity contribution is 5.76. The number of para-hydroxylation sites is 1. The fourth-order valence-electron chi connectivity index (χ4n) is 3.89. The molecule has 2 aliphatic rings. The van der Waals surface area contributed by atoms with Gasteiger partial charge in [0.05, 0.1) is 0 Å². The van der Waals surface area contributed by atoms with Gasteiger partial charge in [0, 0.05) is 83.4 Å². The topological polar surface area (TPSA) is 55.8 Å². The summed E-state index contributed by atoms with van der Waals surface area (Å²) in [5.41, 5.74) is 1.29. The highest BCUT2D eigenvalue weighted by atomic mass is 16.2. The average molecular weight is 380 g/mol. The molecule has 2 saturated heterocycles. The molecule has 0 unspecified atom stereocenters. The summed E-state index contributed by atoms with van der Waals surface area (Å²) in [4.78, 5) is 30.2. The van der Waals surface area contributed by atoms with Gasteiger partial charge in [-0.3, -0.25) is 9.69 Å². The smallest absolute Gasteiger partial charge is 0.225 e. The number of rotatable bonds is 5. The molecule has 0 bridgehead atoms.